The normalized spacial score (nSPS) is 23.8. The minimum absolute atomic E-state index is 0.287. The Morgan fingerprint density at radius 3 is 2.58 bits per heavy atom. The molecule has 0 aliphatic carbocycles. The summed E-state index contributed by atoms with van der Waals surface area (Å²) in [5.74, 6) is 0. The maximum atomic E-state index is 10.3. The second kappa shape index (κ2) is 4.25. The van der Waals surface area contributed by atoms with E-state index in [1.807, 2.05) is 6.26 Å². The van der Waals surface area contributed by atoms with E-state index in [1.165, 1.54) is 0 Å². The monoisotopic (exact) mass is 189 g/mol. The third-order valence-electron chi connectivity index (χ3n) is 2.37. The van der Waals surface area contributed by atoms with E-state index < -0.39 is 5.60 Å². The first-order valence-corrected chi connectivity index (χ1v) is 5.33. The van der Waals surface area contributed by atoms with Crippen LogP contribution in [0.2, 0.25) is 0 Å². The number of hydrogen-bond donors (Lipinski definition) is 1. The standard InChI is InChI=1S/C8H15NO2S/c1-12-9-5-2-8(11,3-6-9)4-7-10/h7,11H,2-6H2,1H3. The molecule has 1 saturated heterocycles. The van der Waals surface area contributed by atoms with Crippen LogP contribution in [0.3, 0.4) is 0 Å². The molecule has 1 fully saturated rings. The van der Waals surface area contributed by atoms with Gasteiger partial charge in [-0.2, -0.15) is 0 Å². The molecule has 1 rings (SSSR count). The number of hydrogen-bond acceptors (Lipinski definition) is 4. The topological polar surface area (TPSA) is 40.5 Å². The Morgan fingerprint density at radius 1 is 1.58 bits per heavy atom. The predicted octanol–water partition coefficient (Wildman–Crippen LogP) is 0.680. The second-order valence-electron chi connectivity index (χ2n) is 3.21. The van der Waals surface area contributed by atoms with Crippen molar-refractivity contribution in [3.8, 4) is 0 Å². The molecule has 12 heavy (non-hydrogen) atoms. The Kier molecular flexibility index (Phi) is 3.55. The number of rotatable bonds is 3. The molecule has 0 aromatic rings. The molecule has 1 aliphatic rings. The van der Waals surface area contributed by atoms with Crippen LogP contribution < -0.4 is 0 Å². The van der Waals surface area contributed by atoms with Gasteiger partial charge in [-0.1, -0.05) is 11.9 Å². The first-order chi connectivity index (χ1) is 5.70. The SMILES string of the molecule is CSN1CCC(O)(CC=O)CC1. The van der Waals surface area contributed by atoms with Gasteiger partial charge in [0.15, 0.2) is 0 Å². The molecule has 70 valence electrons. The van der Waals surface area contributed by atoms with Gasteiger partial charge in [0.1, 0.15) is 6.29 Å². The molecule has 0 spiro atoms. The van der Waals surface area contributed by atoms with E-state index in [1.54, 1.807) is 11.9 Å². The van der Waals surface area contributed by atoms with E-state index in [9.17, 15) is 9.90 Å². The molecular formula is C8H15NO2S. The first kappa shape index (κ1) is 10.0. The van der Waals surface area contributed by atoms with Crippen molar-refractivity contribution >= 4 is 18.2 Å². The molecule has 1 aliphatic heterocycles. The van der Waals surface area contributed by atoms with Gasteiger partial charge in [0.05, 0.1) is 5.60 Å². The number of aldehydes is 1. The molecule has 0 atom stereocenters. The molecule has 0 aromatic carbocycles. The van der Waals surface area contributed by atoms with Gasteiger partial charge >= 0.3 is 0 Å². The van der Waals surface area contributed by atoms with Gasteiger partial charge in [-0.05, 0) is 19.1 Å². The van der Waals surface area contributed by atoms with Crippen LogP contribution in [0.5, 0.6) is 0 Å². The Balaban J connectivity index is 2.38. The minimum atomic E-state index is -0.714. The van der Waals surface area contributed by atoms with Gasteiger partial charge in [0.25, 0.3) is 0 Å². The number of carbonyl (C=O) groups excluding carboxylic acids is 1. The highest BCUT2D eigenvalue weighted by molar-refractivity contribution is 7.96. The summed E-state index contributed by atoms with van der Waals surface area (Å²) in [6.07, 6.45) is 4.56. The lowest BCUT2D eigenvalue weighted by molar-refractivity contribution is -0.113. The number of nitrogens with zero attached hydrogens (tertiary/aromatic N) is 1. The molecule has 4 heteroatoms. The highest BCUT2D eigenvalue weighted by atomic mass is 32.2. The average molecular weight is 189 g/mol. The third kappa shape index (κ3) is 2.47. The lowest BCUT2D eigenvalue weighted by Gasteiger charge is -2.35. The van der Waals surface area contributed by atoms with Crippen LogP contribution in [0.4, 0.5) is 0 Å². The van der Waals surface area contributed by atoms with Crippen LogP contribution in [0.15, 0.2) is 0 Å². The van der Waals surface area contributed by atoms with Crippen molar-refractivity contribution in [3.63, 3.8) is 0 Å². The van der Waals surface area contributed by atoms with Crippen LogP contribution >= 0.6 is 11.9 Å². The molecule has 0 amide bonds. The van der Waals surface area contributed by atoms with E-state index in [2.05, 4.69) is 4.31 Å². The van der Waals surface area contributed by atoms with Crippen molar-refractivity contribution in [1.82, 2.24) is 4.31 Å². The van der Waals surface area contributed by atoms with Crippen LogP contribution in [-0.4, -0.2) is 40.6 Å². The fourth-order valence-electron chi connectivity index (χ4n) is 1.44. The number of piperidine rings is 1. The van der Waals surface area contributed by atoms with Crippen LogP contribution in [-0.2, 0) is 4.79 Å². The Hall–Kier alpha value is -0.0600. The van der Waals surface area contributed by atoms with Crippen LogP contribution in [0.25, 0.3) is 0 Å². The van der Waals surface area contributed by atoms with Crippen molar-refractivity contribution in [3.05, 3.63) is 0 Å². The summed E-state index contributed by atoms with van der Waals surface area (Å²) in [6.45, 7) is 1.76. The van der Waals surface area contributed by atoms with Gasteiger partial charge in [0.2, 0.25) is 0 Å². The smallest absolute Gasteiger partial charge is 0.122 e. The van der Waals surface area contributed by atoms with Gasteiger partial charge in [-0.3, -0.25) is 4.31 Å². The summed E-state index contributed by atoms with van der Waals surface area (Å²) in [6, 6.07) is 0. The Bertz CT molecular complexity index is 155. The highest BCUT2D eigenvalue weighted by Gasteiger charge is 2.31. The van der Waals surface area contributed by atoms with E-state index in [-0.39, 0.29) is 6.42 Å². The predicted molar refractivity (Wildman–Crippen MR) is 50.0 cm³/mol. The third-order valence-corrected chi connectivity index (χ3v) is 3.26. The maximum Gasteiger partial charge on any atom is 0.122 e. The molecule has 0 bridgehead atoms. The largest absolute Gasteiger partial charge is 0.389 e. The van der Waals surface area contributed by atoms with E-state index >= 15 is 0 Å². The van der Waals surface area contributed by atoms with Crippen molar-refractivity contribution in [1.29, 1.82) is 0 Å². The maximum absolute atomic E-state index is 10.3. The fraction of sp³-hybridized carbons (Fsp3) is 0.875. The van der Waals surface area contributed by atoms with E-state index in [0.717, 1.165) is 19.4 Å². The lowest BCUT2D eigenvalue weighted by Crippen LogP contribution is -2.41. The molecule has 3 nitrogen and oxygen atoms in total. The summed E-state index contributed by atoms with van der Waals surface area (Å²) >= 11 is 1.70. The van der Waals surface area contributed by atoms with Crippen molar-refractivity contribution in [2.75, 3.05) is 19.3 Å². The molecule has 1 heterocycles. The minimum Gasteiger partial charge on any atom is -0.389 e. The Morgan fingerprint density at radius 2 is 2.17 bits per heavy atom. The van der Waals surface area contributed by atoms with Crippen molar-refractivity contribution in [2.45, 2.75) is 24.9 Å². The zero-order chi connectivity index (χ0) is 9.03. The second-order valence-corrected chi connectivity index (χ2v) is 4.09. The molecule has 0 radical (unpaired) electrons. The lowest BCUT2D eigenvalue weighted by atomic mass is 9.90. The van der Waals surface area contributed by atoms with Crippen LogP contribution in [0.1, 0.15) is 19.3 Å². The summed E-state index contributed by atoms with van der Waals surface area (Å²) in [5, 5.41) is 9.82. The van der Waals surface area contributed by atoms with E-state index in [0.29, 0.717) is 12.8 Å². The molecule has 0 aromatic heterocycles. The Labute approximate surface area is 77.3 Å². The van der Waals surface area contributed by atoms with Gasteiger partial charge in [-0.15, -0.1) is 0 Å². The quantitative estimate of drug-likeness (QED) is 0.523. The summed E-state index contributed by atoms with van der Waals surface area (Å²) in [5.41, 5.74) is -0.714. The van der Waals surface area contributed by atoms with Gasteiger partial charge < -0.3 is 9.90 Å². The summed E-state index contributed by atoms with van der Waals surface area (Å²) in [4.78, 5) is 10.3. The molecule has 0 unspecified atom stereocenters. The number of carbonyl (C=O) groups is 1. The van der Waals surface area contributed by atoms with Gasteiger partial charge in [-0.25, -0.2) is 0 Å². The number of aliphatic hydroxyl groups is 1. The highest BCUT2D eigenvalue weighted by Crippen LogP contribution is 2.26. The zero-order valence-corrected chi connectivity index (χ0v) is 8.14. The molecule has 0 saturated carbocycles. The summed E-state index contributed by atoms with van der Waals surface area (Å²) in [7, 11) is 0. The van der Waals surface area contributed by atoms with Crippen LogP contribution in [0, 0.1) is 0 Å². The van der Waals surface area contributed by atoms with Crippen molar-refractivity contribution < 1.29 is 9.90 Å². The zero-order valence-electron chi connectivity index (χ0n) is 7.32. The average Bonchev–Trinajstić information content (AvgIpc) is 2.06. The molecule has 1 N–H and O–H groups in total. The molecular weight excluding hydrogens is 174 g/mol. The fourth-order valence-corrected chi connectivity index (χ4v) is 1.99. The first-order valence-electron chi connectivity index (χ1n) is 4.15. The van der Waals surface area contributed by atoms with Gasteiger partial charge in [0, 0.05) is 19.5 Å². The summed E-state index contributed by atoms with van der Waals surface area (Å²) < 4.78 is 2.21. The van der Waals surface area contributed by atoms with E-state index in [4.69, 9.17) is 0 Å². The van der Waals surface area contributed by atoms with Crippen molar-refractivity contribution in [2.24, 2.45) is 0 Å².